The van der Waals surface area contributed by atoms with E-state index in [1.807, 2.05) is 11.3 Å². The average Bonchev–Trinajstić information content (AvgIpc) is 2.56. The molecule has 2 rings (SSSR count). The number of hydrogen-bond acceptors (Lipinski definition) is 2. The molecule has 2 unspecified atom stereocenters. The Balaban J connectivity index is 1.77. The lowest BCUT2D eigenvalue weighted by molar-refractivity contribution is 0.449. The van der Waals surface area contributed by atoms with Crippen molar-refractivity contribution in [1.29, 1.82) is 0 Å². The molecule has 90 valence electrons. The van der Waals surface area contributed by atoms with Gasteiger partial charge in [-0.1, -0.05) is 19.8 Å². The van der Waals surface area contributed by atoms with E-state index in [-0.39, 0.29) is 0 Å². The van der Waals surface area contributed by atoms with E-state index >= 15 is 0 Å². The van der Waals surface area contributed by atoms with E-state index in [0.717, 1.165) is 18.5 Å². The highest BCUT2D eigenvalue weighted by Crippen LogP contribution is 2.24. The van der Waals surface area contributed by atoms with E-state index in [1.165, 1.54) is 40.8 Å². The van der Waals surface area contributed by atoms with Gasteiger partial charge in [0.1, 0.15) is 0 Å². The first-order chi connectivity index (χ1) is 7.74. The van der Waals surface area contributed by atoms with Crippen LogP contribution < -0.4 is 5.32 Å². The van der Waals surface area contributed by atoms with Crippen molar-refractivity contribution >= 4 is 27.3 Å². The molecule has 1 aliphatic rings. The third-order valence-electron chi connectivity index (χ3n) is 3.45. The fraction of sp³-hybridized carbons (Fsp3) is 0.692. The van der Waals surface area contributed by atoms with Gasteiger partial charge in [-0.15, -0.1) is 11.3 Å². The molecule has 3 heteroatoms. The molecule has 2 atom stereocenters. The van der Waals surface area contributed by atoms with E-state index in [0.29, 0.717) is 0 Å². The molecule has 0 spiro atoms. The van der Waals surface area contributed by atoms with Crippen LogP contribution in [0, 0.1) is 5.92 Å². The molecular weight excluding hydrogens is 282 g/mol. The summed E-state index contributed by atoms with van der Waals surface area (Å²) in [6.07, 6.45) is 6.92. The summed E-state index contributed by atoms with van der Waals surface area (Å²) in [6, 6.07) is 5.09. The number of thiophene rings is 1. The minimum absolute atomic E-state index is 0.742. The molecule has 1 aliphatic carbocycles. The first-order valence-corrected chi connectivity index (χ1v) is 7.82. The molecule has 0 amide bonds. The second-order valence-corrected chi connectivity index (χ2v) is 7.44. The van der Waals surface area contributed by atoms with Crippen LogP contribution in [0.25, 0.3) is 0 Å². The molecule has 16 heavy (non-hydrogen) atoms. The van der Waals surface area contributed by atoms with Gasteiger partial charge in [-0.3, -0.25) is 0 Å². The van der Waals surface area contributed by atoms with Crippen molar-refractivity contribution in [1.82, 2.24) is 5.32 Å². The van der Waals surface area contributed by atoms with Gasteiger partial charge < -0.3 is 5.32 Å². The highest BCUT2D eigenvalue weighted by atomic mass is 79.9. The van der Waals surface area contributed by atoms with Crippen molar-refractivity contribution < 1.29 is 0 Å². The summed E-state index contributed by atoms with van der Waals surface area (Å²) in [4.78, 5) is 1.43. The molecule has 0 aromatic carbocycles. The summed E-state index contributed by atoms with van der Waals surface area (Å²) in [5.74, 6) is 0.933. The van der Waals surface area contributed by atoms with Crippen molar-refractivity contribution in [3.05, 3.63) is 20.8 Å². The minimum atomic E-state index is 0.742. The summed E-state index contributed by atoms with van der Waals surface area (Å²) >= 11 is 5.35. The lowest BCUT2D eigenvalue weighted by Gasteiger charge is -2.15. The predicted molar refractivity (Wildman–Crippen MR) is 74.9 cm³/mol. The molecule has 1 saturated carbocycles. The molecule has 0 radical (unpaired) electrons. The second kappa shape index (κ2) is 6.18. The molecule has 1 heterocycles. The van der Waals surface area contributed by atoms with Gasteiger partial charge in [0, 0.05) is 17.5 Å². The normalized spacial score (nSPS) is 26.6. The van der Waals surface area contributed by atoms with Crippen molar-refractivity contribution in [2.45, 2.75) is 51.6 Å². The smallest absolute Gasteiger partial charge is 0.0701 e. The Morgan fingerprint density at radius 2 is 2.19 bits per heavy atom. The lowest BCUT2D eigenvalue weighted by Crippen LogP contribution is -2.27. The molecule has 1 aromatic heterocycles. The summed E-state index contributed by atoms with van der Waals surface area (Å²) in [6.45, 7) is 3.42. The van der Waals surface area contributed by atoms with Gasteiger partial charge in [0.05, 0.1) is 3.79 Å². The Hall–Kier alpha value is 0.140. The van der Waals surface area contributed by atoms with Crippen molar-refractivity contribution in [2.24, 2.45) is 5.92 Å². The molecule has 0 saturated heterocycles. The van der Waals surface area contributed by atoms with Crippen LogP contribution in [0.3, 0.4) is 0 Å². The minimum Gasteiger partial charge on any atom is -0.309 e. The van der Waals surface area contributed by atoms with Crippen LogP contribution in [0.1, 0.15) is 43.9 Å². The topological polar surface area (TPSA) is 12.0 Å². The zero-order chi connectivity index (χ0) is 11.4. The van der Waals surface area contributed by atoms with E-state index in [9.17, 15) is 0 Å². The van der Waals surface area contributed by atoms with Gasteiger partial charge in [-0.05, 0) is 53.2 Å². The summed E-state index contributed by atoms with van der Waals surface area (Å²) < 4.78 is 1.23. The SMILES string of the molecule is CC1CCCC(NCc2ccc(Br)s2)CC1. The highest BCUT2D eigenvalue weighted by Gasteiger charge is 2.15. The third-order valence-corrected chi connectivity index (χ3v) is 5.07. The van der Waals surface area contributed by atoms with Crippen LogP contribution in [0.15, 0.2) is 15.9 Å². The lowest BCUT2D eigenvalue weighted by atomic mass is 10.0. The van der Waals surface area contributed by atoms with Crippen LogP contribution in [0.5, 0.6) is 0 Å². The highest BCUT2D eigenvalue weighted by molar-refractivity contribution is 9.11. The van der Waals surface area contributed by atoms with Gasteiger partial charge in [0.2, 0.25) is 0 Å². The van der Waals surface area contributed by atoms with E-state index in [1.54, 1.807) is 0 Å². The molecule has 1 N–H and O–H groups in total. The van der Waals surface area contributed by atoms with Crippen molar-refractivity contribution in [3.63, 3.8) is 0 Å². The first kappa shape index (κ1) is 12.6. The standard InChI is InChI=1S/C13H20BrNS/c1-10-3-2-4-11(6-5-10)15-9-12-7-8-13(14)16-12/h7-8,10-11,15H,2-6,9H2,1H3. The van der Waals surface area contributed by atoms with E-state index in [2.05, 4.69) is 40.3 Å². The van der Waals surface area contributed by atoms with Crippen LogP contribution in [0.2, 0.25) is 0 Å². The Kier molecular flexibility index (Phi) is 4.86. The quantitative estimate of drug-likeness (QED) is 0.807. The van der Waals surface area contributed by atoms with Crippen LogP contribution in [0.4, 0.5) is 0 Å². The maximum absolute atomic E-state index is 3.70. The summed E-state index contributed by atoms with van der Waals surface area (Å²) in [7, 11) is 0. The summed E-state index contributed by atoms with van der Waals surface area (Å²) in [5.41, 5.74) is 0. The third kappa shape index (κ3) is 3.86. The number of rotatable bonds is 3. The van der Waals surface area contributed by atoms with Crippen LogP contribution >= 0.6 is 27.3 Å². The molecule has 1 nitrogen and oxygen atoms in total. The van der Waals surface area contributed by atoms with Crippen molar-refractivity contribution in [3.8, 4) is 0 Å². The van der Waals surface area contributed by atoms with Gasteiger partial charge in [-0.2, -0.15) is 0 Å². The number of hydrogen-bond donors (Lipinski definition) is 1. The Morgan fingerprint density at radius 1 is 1.31 bits per heavy atom. The number of nitrogens with one attached hydrogen (secondary N) is 1. The molecule has 1 aromatic rings. The molecular formula is C13H20BrNS. The molecule has 0 bridgehead atoms. The van der Waals surface area contributed by atoms with Gasteiger partial charge in [0.25, 0.3) is 0 Å². The van der Waals surface area contributed by atoms with Crippen LogP contribution in [-0.2, 0) is 6.54 Å². The van der Waals surface area contributed by atoms with Gasteiger partial charge >= 0.3 is 0 Å². The average molecular weight is 302 g/mol. The Bertz CT molecular complexity index is 323. The largest absolute Gasteiger partial charge is 0.309 e. The van der Waals surface area contributed by atoms with E-state index in [4.69, 9.17) is 0 Å². The Labute approximate surface area is 111 Å². The fourth-order valence-corrected chi connectivity index (χ4v) is 3.82. The predicted octanol–water partition coefficient (Wildman–Crippen LogP) is 4.57. The summed E-state index contributed by atoms with van der Waals surface area (Å²) in [5, 5.41) is 3.70. The monoisotopic (exact) mass is 301 g/mol. The maximum atomic E-state index is 3.70. The zero-order valence-electron chi connectivity index (χ0n) is 9.84. The van der Waals surface area contributed by atoms with Gasteiger partial charge in [-0.25, -0.2) is 0 Å². The molecule has 1 fully saturated rings. The van der Waals surface area contributed by atoms with Gasteiger partial charge in [0.15, 0.2) is 0 Å². The van der Waals surface area contributed by atoms with E-state index < -0.39 is 0 Å². The number of halogens is 1. The Morgan fingerprint density at radius 3 is 2.94 bits per heavy atom. The first-order valence-electron chi connectivity index (χ1n) is 6.21. The van der Waals surface area contributed by atoms with Crippen LogP contribution in [-0.4, -0.2) is 6.04 Å². The second-order valence-electron chi connectivity index (χ2n) is 4.90. The maximum Gasteiger partial charge on any atom is 0.0701 e. The molecule has 0 aliphatic heterocycles. The zero-order valence-corrected chi connectivity index (χ0v) is 12.2. The van der Waals surface area contributed by atoms with Crippen molar-refractivity contribution in [2.75, 3.05) is 0 Å². The fourth-order valence-electron chi connectivity index (χ4n) is 2.38.